The molecule has 1 atom stereocenters. The van der Waals surface area contributed by atoms with E-state index in [0.29, 0.717) is 17.2 Å². The van der Waals surface area contributed by atoms with Gasteiger partial charge in [0.15, 0.2) is 0 Å². The average molecular weight is 272 g/mol. The van der Waals surface area contributed by atoms with E-state index in [0.717, 1.165) is 24.3 Å². The van der Waals surface area contributed by atoms with Crippen molar-refractivity contribution in [2.75, 3.05) is 13.2 Å². The molecule has 1 aliphatic heterocycles. The Morgan fingerprint density at radius 3 is 3.06 bits per heavy atom. The van der Waals surface area contributed by atoms with Crippen LogP contribution in [0.4, 0.5) is 0 Å². The number of carbonyl (C=O) groups excluding carboxylic acids is 1. The Morgan fingerprint density at radius 1 is 1.53 bits per heavy atom. The van der Waals surface area contributed by atoms with Crippen molar-refractivity contribution in [3.05, 3.63) is 28.8 Å². The molecule has 5 heteroatoms. The molecule has 1 N–H and O–H groups in total. The highest BCUT2D eigenvalue weighted by Crippen LogP contribution is 2.20. The third-order valence-corrected chi connectivity index (χ3v) is 3.30. The van der Waals surface area contributed by atoms with E-state index in [4.69, 9.17) is 16.3 Å². The highest BCUT2D eigenvalue weighted by molar-refractivity contribution is 7.80. The topological polar surface area (TPSA) is 38.3 Å². The molecule has 1 saturated heterocycles. The first-order chi connectivity index (χ1) is 8.16. The second-order valence-corrected chi connectivity index (χ2v) is 4.98. The van der Waals surface area contributed by atoms with Gasteiger partial charge in [0.1, 0.15) is 0 Å². The first kappa shape index (κ1) is 12.7. The van der Waals surface area contributed by atoms with Gasteiger partial charge in [-0.1, -0.05) is 11.6 Å². The zero-order valence-electron chi connectivity index (χ0n) is 9.28. The maximum absolute atomic E-state index is 12.0. The standard InChI is InChI=1S/C12H14ClNO2S/c13-11-4-3-9(17)6-10(11)12(15)14-8-2-1-5-16-7-8/h3-4,6,8,17H,1-2,5,7H2,(H,14,15). The molecular formula is C12H14ClNO2S. The van der Waals surface area contributed by atoms with E-state index in [-0.39, 0.29) is 11.9 Å². The predicted octanol–water partition coefficient (Wildman–Crippen LogP) is 2.54. The maximum atomic E-state index is 12.0. The number of ether oxygens (including phenoxy) is 1. The van der Waals surface area contributed by atoms with Gasteiger partial charge in [-0.3, -0.25) is 4.79 Å². The van der Waals surface area contributed by atoms with E-state index >= 15 is 0 Å². The van der Waals surface area contributed by atoms with Crippen LogP contribution in [0.15, 0.2) is 23.1 Å². The Bertz CT molecular complexity index is 419. The zero-order chi connectivity index (χ0) is 12.3. The molecule has 0 saturated carbocycles. The second kappa shape index (κ2) is 5.76. The summed E-state index contributed by atoms with van der Waals surface area (Å²) in [5.74, 6) is -0.165. The summed E-state index contributed by atoms with van der Waals surface area (Å²) >= 11 is 10.2. The molecule has 92 valence electrons. The van der Waals surface area contributed by atoms with E-state index in [1.54, 1.807) is 18.2 Å². The van der Waals surface area contributed by atoms with Crippen LogP contribution >= 0.6 is 24.2 Å². The van der Waals surface area contributed by atoms with E-state index in [9.17, 15) is 4.79 Å². The number of thiol groups is 1. The third-order valence-electron chi connectivity index (χ3n) is 2.69. The fraction of sp³-hybridized carbons (Fsp3) is 0.417. The molecule has 2 rings (SSSR count). The molecule has 0 spiro atoms. The summed E-state index contributed by atoms with van der Waals surface area (Å²) in [5.41, 5.74) is 0.463. The molecule has 0 bridgehead atoms. The summed E-state index contributed by atoms with van der Waals surface area (Å²) in [6.07, 6.45) is 1.93. The van der Waals surface area contributed by atoms with Gasteiger partial charge in [0, 0.05) is 11.5 Å². The van der Waals surface area contributed by atoms with Crippen molar-refractivity contribution in [2.45, 2.75) is 23.8 Å². The van der Waals surface area contributed by atoms with Crippen molar-refractivity contribution in [1.29, 1.82) is 0 Å². The lowest BCUT2D eigenvalue weighted by Crippen LogP contribution is -2.40. The monoisotopic (exact) mass is 271 g/mol. The number of hydrogen-bond acceptors (Lipinski definition) is 3. The highest BCUT2D eigenvalue weighted by Gasteiger charge is 2.18. The van der Waals surface area contributed by atoms with Crippen molar-refractivity contribution in [2.24, 2.45) is 0 Å². The third kappa shape index (κ3) is 3.37. The minimum Gasteiger partial charge on any atom is -0.379 e. The zero-order valence-corrected chi connectivity index (χ0v) is 10.9. The molecule has 1 fully saturated rings. The summed E-state index contributed by atoms with van der Waals surface area (Å²) in [7, 11) is 0. The molecule has 1 aliphatic rings. The van der Waals surface area contributed by atoms with Crippen LogP contribution < -0.4 is 5.32 Å². The van der Waals surface area contributed by atoms with Gasteiger partial charge in [0.05, 0.1) is 23.2 Å². The van der Waals surface area contributed by atoms with Crippen LogP contribution in [-0.2, 0) is 4.74 Å². The lowest BCUT2D eigenvalue weighted by Gasteiger charge is -2.23. The SMILES string of the molecule is O=C(NC1CCCOC1)c1cc(S)ccc1Cl. The van der Waals surface area contributed by atoms with Crippen LogP contribution in [0.5, 0.6) is 0 Å². The van der Waals surface area contributed by atoms with Gasteiger partial charge in [-0.15, -0.1) is 12.6 Å². The number of hydrogen-bond donors (Lipinski definition) is 2. The summed E-state index contributed by atoms with van der Waals surface area (Å²) in [6.45, 7) is 1.35. The normalized spacial score (nSPS) is 20.0. The first-order valence-electron chi connectivity index (χ1n) is 5.54. The van der Waals surface area contributed by atoms with Crippen LogP contribution in [0.1, 0.15) is 23.2 Å². The molecular weight excluding hydrogens is 258 g/mol. The maximum Gasteiger partial charge on any atom is 0.253 e. The van der Waals surface area contributed by atoms with E-state index in [1.165, 1.54) is 0 Å². The Hall–Kier alpha value is -0.710. The van der Waals surface area contributed by atoms with Crippen LogP contribution in [-0.4, -0.2) is 25.2 Å². The Morgan fingerprint density at radius 2 is 2.35 bits per heavy atom. The summed E-state index contributed by atoms with van der Waals surface area (Å²) in [5, 5.41) is 3.36. The first-order valence-corrected chi connectivity index (χ1v) is 6.36. The smallest absolute Gasteiger partial charge is 0.253 e. The fourth-order valence-electron chi connectivity index (χ4n) is 1.80. The molecule has 3 nitrogen and oxygen atoms in total. The van der Waals surface area contributed by atoms with Gasteiger partial charge in [-0.05, 0) is 31.0 Å². The minimum absolute atomic E-state index is 0.0795. The molecule has 1 aromatic carbocycles. The fourth-order valence-corrected chi connectivity index (χ4v) is 2.21. The van der Waals surface area contributed by atoms with E-state index in [2.05, 4.69) is 17.9 Å². The predicted molar refractivity (Wildman–Crippen MR) is 70.0 cm³/mol. The van der Waals surface area contributed by atoms with E-state index in [1.807, 2.05) is 0 Å². The molecule has 1 unspecified atom stereocenters. The van der Waals surface area contributed by atoms with Gasteiger partial charge in [0.2, 0.25) is 0 Å². The van der Waals surface area contributed by atoms with Crippen molar-refractivity contribution in [1.82, 2.24) is 5.32 Å². The Kier molecular flexibility index (Phi) is 4.31. The van der Waals surface area contributed by atoms with Crippen molar-refractivity contribution < 1.29 is 9.53 Å². The number of rotatable bonds is 2. The second-order valence-electron chi connectivity index (χ2n) is 4.05. The molecule has 0 aromatic heterocycles. The average Bonchev–Trinajstić information content (AvgIpc) is 2.33. The Labute approximate surface area is 111 Å². The molecule has 1 heterocycles. The Balaban J connectivity index is 2.05. The van der Waals surface area contributed by atoms with Crippen molar-refractivity contribution in [3.63, 3.8) is 0 Å². The number of benzene rings is 1. The van der Waals surface area contributed by atoms with Gasteiger partial charge >= 0.3 is 0 Å². The highest BCUT2D eigenvalue weighted by atomic mass is 35.5. The van der Waals surface area contributed by atoms with Crippen LogP contribution in [0.3, 0.4) is 0 Å². The van der Waals surface area contributed by atoms with Crippen LogP contribution in [0.25, 0.3) is 0 Å². The van der Waals surface area contributed by atoms with Crippen LogP contribution in [0, 0.1) is 0 Å². The van der Waals surface area contributed by atoms with Gasteiger partial charge in [-0.2, -0.15) is 0 Å². The summed E-state index contributed by atoms with van der Waals surface area (Å²) in [6, 6.07) is 5.18. The molecule has 1 aromatic rings. The van der Waals surface area contributed by atoms with Gasteiger partial charge in [-0.25, -0.2) is 0 Å². The molecule has 1 amide bonds. The number of halogens is 1. The van der Waals surface area contributed by atoms with Gasteiger partial charge in [0.25, 0.3) is 5.91 Å². The lowest BCUT2D eigenvalue weighted by molar-refractivity contribution is 0.0624. The quantitative estimate of drug-likeness (QED) is 0.812. The summed E-state index contributed by atoms with van der Waals surface area (Å²) in [4.78, 5) is 12.7. The van der Waals surface area contributed by atoms with Gasteiger partial charge < -0.3 is 10.1 Å². The summed E-state index contributed by atoms with van der Waals surface area (Å²) < 4.78 is 5.31. The van der Waals surface area contributed by atoms with Crippen LogP contribution in [0.2, 0.25) is 5.02 Å². The van der Waals surface area contributed by atoms with Crippen molar-refractivity contribution >= 4 is 30.1 Å². The van der Waals surface area contributed by atoms with Crippen molar-refractivity contribution in [3.8, 4) is 0 Å². The molecule has 0 radical (unpaired) electrons. The van der Waals surface area contributed by atoms with E-state index < -0.39 is 0 Å². The largest absolute Gasteiger partial charge is 0.379 e. The lowest BCUT2D eigenvalue weighted by atomic mass is 10.1. The number of amides is 1. The molecule has 17 heavy (non-hydrogen) atoms. The minimum atomic E-state index is -0.165. The molecule has 0 aliphatic carbocycles. The number of nitrogens with one attached hydrogen (secondary N) is 1. The number of carbonyl (C=O) groups is 1.